The molecule has 3 rings (SSSR count). The molecule has 0 aliphatic rings. The first-order valence-corrected chi connectivity index (χ1v) is 9.13. The number of benzene rings is 1. The van der Waals surface area contributed by atoms with Crippen molar-refractivity contribution in [3.8, 4) is 9.88 Å². The fourth-order valence-corrected chi connectivity index (χ4v) is 3.96. The zero-order chi connectivity index (χ0) is 16.4. The van der Waals surface area contributed by atoms with E-state index in [-0.39, 0.29) is 5.91 Å². The summed E-state index contributed by atoms with van der Waals surface area (Å²) in [6, 6.07) is 12.1. The van der Waals surface area contributed by atoms with Crippen LogP contribution >= 0.6 is 22.7 Å². The summed E-state index contributed by atoms with van der Waals surface area (Å²) in [5, 5.41) is 2.91. The molecule has 0 saturated carbocycles. The van der Waals surface area contributed by atoms with Crippen molar-refractivity contribution in [1.82, 2.24) is 4.98 Å². The van der Waals surface area contributed by atoms with Crippen LogP contribution in [-0.4, -0.2) is 17.9 Å². The van der Waals surface area contributed by atoms with E-state index in [1.165, 1.54) is 16.9 Å². The van der Waals surface area contributed by atoms with Gasteiger partial charge in [-0.3, -0.25) is 4.79 Å². The number of aromatic nitrogens is 1. The number of amides is 1. The van der Waals surface area contributed by atoms with Crippen molar-refractivity contribution < 1.29 is 4.79 Å². The zero-order valence-corrected chi connectivity index (χ0v) is 14.9. The first kappa shape index (κ1) is 15.9. The van der Waals surface area contributed by atoms with Crippen LogP contribution in [0.2, 0.25) is 0 Å². The maximum atomic E-state index is 12.7. The molecule has 3 aromatic rings. The molecular weight excluding hydrogens is 324 g/mol. The second-order valence-corrected chi connectivity index (χ2v) is 7.60. The summed E-state index contributed by atoms with van der Waals surface area (Å²) in [6.07, 6.45) is 1.67. The SMILES string of the molecule is CC(C)c1cccc(N(C)C(=O)c2cnc(-c3cccs3)s2)c1. The lowest BCUT2D eigenvalue weighted by Gasteiger charge is -2.18. The van der Waals surface area contributed by atoms with Crippen molar-refractivity contribution in [3.05, 3.63) is 58.4 Å². The van der Waals surface area contributed by atoms with Gasteiger partial charge in [-0.2, -0.15) is 0 Å². The Bertz CT molecular complexity index is 806. The van der Waals surface area contributed by atoms with Crippen molar-refractivity contribution in [2.24, 2.45) is 0 Å². The molecule has 0 atom stereocenters. The first-order chi connectivity index (χ1) is 11.1. The Labute approximate surface area is 144 Å². The lowest BCUT2D eigenvalue weighted by atomic mass is 10.0. The van der Waals surface area contributed by atoms with Crippen LogP contribution in [0.5, 0.6) is 0 Å². The standard InChI is InChI=1S/C18H18N2OS2/c1-12(2)13-6-4-7-14(10-13)20(3)18(21)16-11-19-17(23-16)15-8-5-9-22-15/h4-12H,1-3H3. The van der Waals surface area contributed by atoms with E-state index in [1.54, 1.807) is 22.4 Å². The normalized spacial score (nSPS) is 11.0. The highest BCUT2D eigenvalue weighted by Crippen LogP contribution is 2.30. The van der Waals surface area contributed by atoms with Gasteiger partial charge in [-0.05, 0) is 35.1 Å². The summed E-state index contributed by atoms with van der Waals surface area (Å²) in [5.41, 5.74) is 2.14. The van der Waals surface area contributed by atoms with Crippen LogP contribution in [0.15, 0.2) is 48.0 Å². The number of anilines is 1. The predicted octanol–water partition coefficient (Wildman–Crippen LogP) is 5.27. The molecule has 2 aromatic heterocycles. The third-order valence-electron chi connectivity index (χ3n) is 3.68. The molecule has 0 fully saturated rings. The van der Waals surface area contributed by atoms with Gasteiger partial charge in [0.05, 0.1) is 11.1 Å². The minimum Gasteiger partial charge on any atom is -0.311 e. The Kier molecular flexibility index (Phi) is 4.59. The number of carbonyl (C=O) groups is 1. The van der Waals surface area contributed by atoms with Gasteiger partial charge in [0, 0.05) is 12.7 Å². The maximum Gasteiger partial charge on any atom is 0.269 e. The van der Waals surface area contributed by atoms with Gasteiger partial charge >= 0.3 is 0 Å². The van der Waals surface area contributed by atoms with Gasteiger partial charge in [-0.25, -0.2) is 4.98 Å². The van der Waals surface area contributed by atoms with Gasteiger partial charge in [-0.1, -0.05) is 32.0 Å². The molecule has 1 amide bonds. The molecule has 0 N–H and O–H groups in total. The lowest BCUT2D eigenvalue weighted by Crippen LogP contribution is -2.25. The zero-order valence-electron chi connectivity index (χ0n) is 13.3. The quantitative estimate of drug-likeness (QED) is 0.647. The van der Waals surface area contributed by atoms with Crippen LogP contribution in [-0.2, 0) is 0 Å². The fourth-order valence-electron chi connectivity index (χ4n) is 2.26. The smallest absolute Gasteiger partial charge is 0.269 e. The average Bonchev–Trinajstić information content (AvgIpc) is 3.24. The Hall–Kier alpha value is -1.98. The minimum atomic E-state index is -0.0220. The average molecular weight is 342 g/mol. The molecule has 23 heavy (non-hydrogen) atoms. The molecule has 0 spiro atoms. The van der Waals surface area contributed by atoms with E-state index in [1.807, 2.05) is 36.7 Å². The van der Waals surface area contributed by atoms with Gasteiger partial charge in [0.2, 0.25) is 0 Å². The fraction of sp³-hybridized carbons (Fsp3) is 0.222. The van der Waals surface area contributed by atoms with Crippen molar-refractivity contribution in [2.45, 2.75) is 19.8 Å². The third-order valence-corrected chi connectivity index (χ3v) is 5.70. The summed E-state index contributed by atoms with van der Waals surface area (Å²) < 4.78 is 0. The monoisotopic (exact) mass is 342 g/mol. The van der Waals surface area contributed by atoms with E-state index in [2.05, 4.69) is 31.0 Å². The Morgan fingerprint density at radius 1 is 1.22 bits per heavy atom. The second kappa shape index (κ2) is 6.64. The van der Waals surface area contributed by atoms with E-state index in [0.717, 1.165) is 15.6 Å². The highest BCUT2D eigenvalue weighted by atomic mass is 32.1. The molecule has 0 bridgehead atoms. The predicted molar refractivity (Wildman–Crippen MR) is 98.7 cm³/mol. The van der Waals surface area contributed by atoms with Crippen molar-refractivity contribution in [3.63, 3.8) is 0 Å². The number of nitrogens with zero attached hydrogens (tertiary/aromatic N) is 2. The second-order valence-electron chi connectivity index (χ2n) is 5.62. The summed E-state index contributed by atoms with van der Waals surface area (Å²) in [6.45, 7) is 4.30. The molecule has 118 valence electrons. The molecule has 3 nitrogen and oxygen atoms in total. The summed E-state index contributed by atoms with van der Waals surface area (Å²) in [7, 11) is 1.81. The van der Waals surface area contributed by atoms with Crippen molar-refractivity contribution in [1.29, 1.82) is 0 Å². The molecule has 0 aliphatic carbocycles. The van der Waals surface area contributed by atoms with Gasteiger partial charge < -0.3 is 4.90 Å². The molecule has 0 radical (unpaired) electrons. The largest absolute Gasteiger partial charge is 0.311 e. The highest BCUT2D eigenvalue weighted by Gasteiger charge is 2.18. The topological polar surface area (TPSA) is 33.2 Å². The molecule has 1 aromatic carbocycles. The van der Waals surface area contributed by atoms with E-state index in [0.29, 0.717) is 10.8 Å². The van der Waals surface area contributed by atoms with Crippen LogP contribution in [0, 0.1) is 0 Å². The lowest BCUT2D eigenvalue weighted by molar-refractivity contribution is 0.0996. The van der Waals surface area contributed by atoms with Crippen molar-refractivity contribution in [2.75, 3.05) is 11.9 Å². The maximum absolute atomic E-state index is 12.7. The Balaban J connectivity index is 1.84. The summed E-state index contributed by atoms with van der Waals surface area (Å²) in [4.78, 5) is 20.5. The van der Waals surface area contributed by atoms with Crippen LogP contribution < -0.4 is 4.90 Å². The Morgan fingerprint density at radius 3 is 2.74 bits per heavy atom. The van der Waals surface area contributed by atoms with Crippen LogP contribution in [0.3, 0.4) is 0 Å². The van der Waals surface area contributed by atoms with E-state index in [4.69, 9.17) is 0 Å². The third kappa shape index (κ3) is 3.35. The molecule has 0 aliphatic heterocycles. The number of rotatable bonds is 4. The number of hydrogen-bond donors (Lipinski definition) is 0. The highest BCUT2D eigenvalue weighted by molar-refractivity contribution is 7.22. The number of thiazole rings is 1. The number of carbonyl (C=O) groups excluding carboxylic acids is 1. The molecule has 0 unspecified atom stereocenters. The molecule has 5 heteroatoms. The Morgan fingerprint density at radius 2 is 2.04 bits per heavy atom. The number of hydrogen-bond acceptors (Lipinski definition) is 4. The van der Waals surface area contributed by atoms with Gasteiger partial charge in [0.25, 0.3) is 5.91 Å². The van der Waals surface area contributed by atoms with Crippen LogP contribution in [0.1, 0.15) is 35.0 Å². The summed E-state index contributed by atoms with van der Waals surface area (Å²) in [5.74, 6) is 0.415. The van der Waals surface area contributed by atoms with Gasteiger partial charge in [-0.15, -0.1) is 22.7 Å². The van der Waals surface area contributed by atoms with Gasteiger partial charge in [0.1, 0.15) is 9.88 Å². The van der Waals surface area contributed by atoms with E-state index in [9.17, 15) is 4.79 Å². The van der Waals surface area contributed by atoms with Crippen LogP contribution in [0.25, 0.3) is 9.88 Å². The summed E-state index contributed by atoms with van der Waals surface area (Å²) >= 11 is 3.07. The van der Waals surface area contributed by atoms with Crippen LogP contribution in [0.4, 0.5) is 5.69 Å². The minimum absolute atomic E-state index is 0.0220. The molecule has 2 heterocycles. The first-order valence-electron chi connectivity index (χ1n) is 7.44. The van der Waals surface area contributed by atoms with Crippen molar-refractivity contribution >= 4 is 34.3 Å². The number of thiophene rings is 1. The van der Waals surface area contributed by atoms with E-state index >= 15 is 0 Å². The molecule has 0 saturated heterocycles. The van der Waals surface area contributed by atoms with Gasteiger partial charge in [0.15, 0.2) is 0 Å². The molecular formula is C18H18N2OS2. The van der Waals surface area contributed by atoms with E-state index < -0.39 is 0 Å².